The largest absolute Gasteiger partial charge is 0.481 e. The third-order valence-corrected chi connectivity index (χ3v) is 3.28. The Kier molecular flexibility index (Phi) is 3.78. The zero-order valence-corrected chi connectivity index (χ0v) is 10.1. The quantitative estimate of drug-likeness (QED) is 0.864. The van der Waals surface area contributed by atoms with Crippen LogP contribution in [0.4, 0.5) is 0 Å². The number of piperidine rings is 1. The minimum Gasteiger partial charge on any atom is -0.481 e. The predicted octanol–water partition coefficient (Wildman–Crippen LogP) is 1.67. The van der Waals surface area contributed by atoms with E-state index < -0.39 is 5.97 Å². The monoisotopic (exact) mass is 238 g/mol. The second-order valence-electron chi connectivity index (χ2n) is 4.70. The molecule has 1 aromatic heterocycles. The number of aliphatic carboxylic acids is 1. The third kappa shape index (κ3) is 3.30. The lowest BCUT2D eigenvalue weighted by Gasteiger charge is -2.31. The lowest BCUT2D eigenvalue weighted by Crippen LogP contribution is -2.36. The maximum Gasteiger partial charge on any atom is 0.303 e. The van der Waals surface area contributed by atoms with Gasteiger partial charge in [0.05, 0.1) is 5.69 Å². The van der Waals surface area contributed by atoms with Crippen molar-refractivity contribution < 1.29 is 14.3 Å². The van der Waals surface area contributed by atoms with Gasteiger partial charge in [0.1, 0.15) is 5.76 Å². The molecule has 1 aliphatic rings. The molecule has 0 radical (unpaired) electrons. The molecule has 17 heavy (non-hydrogen) atoms. The number of carboxylic acids is 1. The minimum atomic E-state index is -0.700. The number of rotatable bonds is 4. The van der Waals surface area contributed by atoms with Crippen LogP contribution >= 0.6 is 0 Å². The van der Waals surface area contributed by atoms with E-state index in [1.54, 1.807) is 0 Å². The summed E-state index contributed by atoms with van der Waals surface area (Å²) in [5, 5.41) is 8.81. The fraction of sp³-hybridized carbons (Fsp3) is 0.667. The maximum atomic E-state index is 10.7. The molecule has 5 nitrogen and oxygen atoms in total. The molecule has 1 unspecified atom stereocenters. The van der Waals surface area contributed by atoms with Crippen LogP contribution in [0.25, 0.3) is 0 Å². The van der Waals surface area contributed by atoms with Crippen LogP contribution in [-0.2, 0) is 11.3 Å². The molecule has 2 heterocycles. The van der Waals surface area contributed by atoms with Crippen molar-refractivity contribution in [3.63, 3.8) is 0 Å². The van der Waals surface area contributed by atoms with Crippen molar-refractivity contribution in [3.8, 4) is 0 Å². The molecule has 1 N–H and O–H groups in total. The fourth-order valence-corrected chi connectivity index (χ4v) is 2.40. The van der Waals surface area contributed by atoms with Crippen molar-refractivity contribution in [2.45, 2.75) is 32.7 Å². The Morgan fingerprint density at radius 3 is 3.18 bits per heavy atom. The van der Waals surface area contributed by atoms with E-state index in [0.29, 0.717) is 0 Å². The zero-order valence-electron chi connectivity index (χ0n) is 10.1. The highest BCUT2D eigenvalue weighted by atomic mass is 16.4. The predicted molar refractivity (Wildman–Crippen MR) is 61.5 cm³/mol. The summed E-state index contributed by atoms with van der Waals surface area (Å²) in [6.07, 6.45) is 3.81. The maximum absolute atomic E-state index is 10.7. The van der Waals surface area contributed by atoms with Gasteiger partial charge in [-0.15, -0.1) is 0 Å². The molecule has 1 aromatic rings. The molecular formula is C12H18N2O3. The molecule has 0 saturated carbocycles. The lowest BCUT2D eigenvalue weighted by molar-refractivity contribution is -0.138. The number of likely N-dealkylation sites (tertiary alicyclic amines) is 1. The van der Waals surface area contributed by atoms with E-state index in [9.17, 15) is 4.79 Å². The van der Waals surface area contributed by atoms with E-state index in [2.05, 4.69) is 9.88 Å². The van der Waals surface area contributed by atoms with Crippen molar-refractivity contribution in [2.75, 3.05) is 13.1 Å². The zero-order chi connectivity index (χ0) is 12.3. The first-order valence-electron chi connectivity index (χ1n) is 5.98. The second kappa shape index (κ2) is 5.31. The number of carbonyl (C=O) groups is 1. The first-order chi connectivity index (χ1) is 8.15. The van der Waals surface area contributed by atoms with Crippen molar-refractivity contribution in [2.24, 2.45) is 5.92 Å². The minimum absolute atomic E-state index is 0.272. The Labute approximate surface area is 100 Å². The summed E-state index contributed by atoms with van der Waals surface area (Å²) in [5.74, 6) is 0.424. The van der Waals surface area contributed by atoms with Gasteiger partial charge in [0.25, 0.3) is 0 Å². The van der Waals surface area contributed by atoms with E-state index in [1.165, 1.54) is 6.39 Å². The number of carboxylic acid groups (broad SMARTS) is 1. The topological polar surface area (TPSA) is 66.6 Å². The molecule has 0 aliphatic carbocycles. The van der Waals surface area contributed by atoms with Crippen LogP contribution < -0.4 is 0 Å². The first-order valence-corrected chi connectivity index (χ1v) is 5.98. The molecular weight excluding hydrogens is 220 g/mol. The Morgan fingerprint density at radius 1 is 1.71 bits per heavy atom. The van der Waals surface area contributed by atoms with E-state index in [-0.39, 0.29) is 12.3 Å². The van der Waals surface area contributed by atoms with Gasteiger partial charge in [0.2, 0.25) is 0 Å². The number of aromatic nitrogens is 1. The molecule has 1 fully saturated rings. The highest BCUT2D eigenvalue weighted by Crippen LogP contribution is 2.21. The van der Waals surface area contributed by atoms with Crippen molar-refractivity contribution >= 4 is 5.97 Å². The summed E-state index contributed by atoms with van der Waals surface area (Å²) >= 11 is 0. The third-order valence-electron chi connectivity index (χ3n) is 3.28. The summed E-state index contributed by atoms with van der Waals surface area (Å²) in [4.78, 5) is 17.1. The number of hydrogen-bond acceptors (Lipinski definition) is 4. The van der Waals surface area contributed by atoms with Gasteiger partial charge in [-0.2, -0.15) is 0 Å². The van der Waals surface area contributed by atoms with Crippen LogP contribution in [0.5, 0.6) is 0 Å². The molecule has 0 bridgehead atoms. The summed E-state index contributed by atoms with van der Waals surface area (Å²) in [6, 6.07) is 0. The van der Waals surface area contributed by atoms with E-state index >= 15 is 0 Å². The molecule has 1 atom stereocenters. The lowest BCUT2D eigenvalue weighted by atomic mass is 9.95. The van der Waals surface area contributed by atoms with Gasteiger partial charge in [0, 0.05) is 19.5 Å². The van der Waals surface area contributed by atoms with E-state index in [4.69, 9.17) is 9.52 Å². The number of oxazole rings is 1. The van der Waals surface area contributed by atoms with Crippen molar-refractivity contribution in [1.29, 1.82) is 0 Å². The first kappa shape index (κ1) is 12.1. The molecule has 5 heteroatoms. The van der Waals surface area contributed by atoms with E-state index in [1.807, 2.05) is 6.92 Å². The summed E-state index contributed by atoms with van der Waals surface area (Å²) in [5.41, 5.74) is 0.959. The van der Waals surface area contributed by atoms with Crippen LogP contribution in [0, 0.1) is 12.8 Å². The highest BCUT2D eigenvalue weighted by molar-refractivity contribution is 5.67. The van der Waals surface area contributed by atoms with Crippen LogP contribution in [0.2, 0.25) is 0 Å². The van der Waals surface area contributed by atoms with Crippen LogP contribution in [0.3, 0.4) is 0 Å². The van der Waals surface area contributed by atoms with Gasteiger partial charge in [-0.05, 0) is 32.2 Å². The van der Waals surface area contributed by atoms with Crippen LogP contribution in [0.1, 0.15) is 30.7 Å². The van der Waals surface area contributed by atoms with Gasteiger partial charge in [-0.25, -0.2) is 4.98 Å². The Morgan fingerprint density at radius 2 is 2.53 bits per heavy atom. The number of nitrogens with zero attached hydrogens (tertiary/aromatic N) is 2. The smallest absolute Gasteiger partial charge is 0.303 e. The molecule has 0 aromatic carbocycles. The van der Waals surface area contributed by atoms with Gasteiger partial charge < -0.3 is 9.52 Å². The molecule has 1 aliphatic heterocycles. The molecule has 0 spiro atoms. The standard InChI is InChI=1S/C12H18N2O3/c1-9-11(13-8-17-9)7-14-4-2-3-10(6-14)5-12(15)16/h8,10H,2-7H2,1H3,(H,15,16). The summed E-state index contributed by atoms with van der Waals surface area (Å²) < 4.78 is 5.17. The Balaban J connectivity index is 1.89. The average Bonchev–Trinajstić information content (AvgIpc) is 2.64. The number of hydrogen-bond donors (Lipinski definition) is 1. The van der Waals surface area contributed by atoms with Gasteiger partial charge >= 0.3 is 5.97 Å². The SMILES string of the molecule is Cc1ocnc1CN1CCCC(CC(=O)O)C1. The van der Waals surface area contributed by atoms with Crippen LogP contribution in [0.15, 0.2) is 10.8 Å². The highest BCUT2D eigenvalue weighted by Gasteiger charge is 2.22. The van der Waals surface area contributed by atoms with Gasteiger partial charge in [-0.3, -0.25) is 9.69 Å². The molecule has 94 valence electrons. The van der Waals surface area contributed by atoms with Gasteiger partial charge in [-0.1, -0.05) is 0 Å². The van der Waals surface area contributed by atoms with Gasteiger partial charge in [0.15, 0.2) is 6.39 Å². The normalized spacial score (nSPS) is 21.6. The fourth-order valence-electron chi connectivity index (χ4n) is 2.40. The molecule has 0 amide bonds. The average molecular weight is 238 g/mol. The summed E-state index contributed by atoms with van der Waals surface area (Å²) in [7, 11) is 0. The molecule has 2 rings (SSSR count). The number of aryl methyl sites for hydroxylation is 1. The Hall–Kier alpha value is -1.36. The van der Waals surface area contributed by atoms with Crippen molar-refractivity contribution in [1.82, 2.24) is 9.88 Å². The second-order valence-corrected chi connectivity index (χ2v) is 4.70. The summed E-state index contributed by atoms with van der Waals surface area (Å²) in [6.45, 7) is 4.53. The van der Waals surface area contributed by atoms with Crippen molar-refractivity contribution in [3.05, 3.63) is 17.8 Å². The van der Waals surface area contributed by atoms with E-state index in [0.717, 1.165) is 43.9 Å². The Bertz CT molecular complexity index is 389. The molecule has 1 saturated heterocycles. The van der Waals surface area contributed by atoms with Crippen LogP contribution in [-0.4, -0.2) is 34.0 Å².